The molecule has 0 fully saturated rings. The van der Waals surface area contributed by atoms with Gasteiger partial charge in [-0.15, -0.1) is 0 Å². The first-order valence-corrected chi connectivity index (χ1v) is 11.8. The minimum Gasteiger partial charge on any atom is -0.457 e. The standard InChI is InChI=1S/C24H26N2O4S/c1-4-19-10-14-21(15-11-19)26(31(3,28)29)18(2)24(27)25-20-12-16-23(17-13-20)30-22-8-6-5-7-9-22/h5-18H,4H2,1-3H3,(H,25,27)/t18-/m0/s1. The van der Waals surface area contributed by atoms with Gasteiger partial charge in [0.2, 0.25) is 15.9 Å². The van der Waals surface area contributed by atoms with Crippen LogP contribution in [0.25, 0.3) is 0 Å². The number of anilines is 2. The van der Waals surface area contributed by atoms with Crippen molar-refractivity contribution >= 4 is 27.3 Å². The van der Waals surface area contributed by atoms with Crippen molar-refractivity contribution in [2.24, 2.45) is 0 Å². The highest BCUT2D eigenvalue weighted by molar-refractivity contribution is 7.92. The highest BCUT2D eigenvalue weighted by Gasteiger charge is 2.29. The number of hydrogen-bond donors (Lipinski definition) is 1. The maximum Gasteiger partial charge on any atom is 0.247 e. The molecule has 0 heterocycles. The molecule has 31 heavy (non-hydrogen) atoms. The maximum atomic E-state index is 12.8. The average molecular weight is 439 g/mol. The number of ether oxygens (including phenoxy) is 1. The number of sulfonamides is 1. The van der Waals surface area contributed by atoms with Gasteiger partial charge in [0.05, 0.1) is 11.9 Å². The largest absolute Gasteiger partial charge is 0.457 e. The number of hydrogen-bond acceptors (Lipinski definition) is 4. The van der Waals surface area contributed by atoms with Gasteiger partial charge >= 0.3 is 0 Å². The Bertz CT molecular complexity index is 1110. The van der Waals surface area contributed by atoms with Crippen LogP contribution >= 0.6 is 0 Å². The first kappa shape index (κ1) is 22.4. The first-order chi connectivity index (χ1) is 14.8. The van der Waals surface area contributed by atoms with E-state index in [9.17, 15) is 13.2 Å². The van der Waals surface area contributed by atoms with Crippen molar-refractivity contribution in [2.45, 2.75) is 26.3 Å². The number of carbonyl (C=O) groups is 1. The molecule has 0 aliphatic rings. The Balaban J connectivity index is 1.72. The van der Waals surface area contributed by atoms with Gasteiger partial charge in [0.15, 0.2) is 0 Å². The lowest BCUT2D eigenvalue weighted by Gasteiger charge is -2.28. The van der Waals surface area contributed by atoms with Crippen LogP contribution in [0.15, 0.2) is 78.9 Å². The summed E-state index contributed by atoms with van der Waals surface area (Å²) in [5.74, 6) is 0.915. The number of aryl methyl sites for hydroxylation is 1. The van der Waals surface area contributed by atoms with E-state index in [0.29, 0.717) is 22.9 Å². The van der Waals surface area contributed by atoms with Crippen LogP contribution in [0.2, 0.25) is 0 Å². The zero-order chi connectivity index (χ0) is 22.4. The van der Waals surface area contributed by atoms with Crippen LogP contribution in [-0.2, 0) is 21.2 Å². The molecule has 3 aromatic carbocycles. The van der Waals surface area contributed by atoms with Crippen LogP contribution in [0.3, 0.4) is 0 Å². The molecule has 7 heteroatoms. The molecule has 0 radical (unpaired) electrons. The molecular weight excluding hydrogens is 412 g/mol. The molecule has 0 spiro atoms. The monoisotopic (exact) mass is 438 g/mol. The molecule has 0 saturated carbocycles. The second-order valence-electron chi connectivity index (χ2n) is 7.18. The molecule has 3 rings (SSSR count). The van der Waals surface area contributed by atoms with Gasteiger partial charge in [0.1, 0.15) is 17.5 Å². The highest BCUT2D eigenvalue weighted by atomic mass is 32.2. The van der Waals surface area contributed by atoms with Crippen molar-refractivity contribution in [3.8, 4) is 11.5 Å². The molecule has 0 saturated heterocycles. The van der Waals surface area contributed by atoms with Crippen LogP contribution < -0.4 is 14.4 Å². The Kier molecular flexibility index (Phi) is 6.97. The molecule has 0 aliphatic carbocycles. The SMILES string of the molecule is CCc1ccc(N([C@@H](C)C(=O)Nc2ccc(Oc3ccccc3)cc2)S(C)(=O)=O)cc1. The summed E-state index contributed by atoms with van der Waals surface area (Å²) in [6, 6.07) is 22.5. The van der Waals surface area contributed by atoms with Gasteiger partial charge < -0.3 is 10.1 Å². The maximum absolute atomic E-state index is 12.8. The molecule has 1 atom stereocenters. The smallest absolute Gasteiger partial charge is 0.247 e. The van der Waals surface area contributed by atoms with E-state index < -0.39 is 22.0 Å². The zero-order valence-corrected chi connectivity index (χ0v) is 18.6. The summed E-state index contributed by atoms with van der Waals surface area (Å²) in [5.41, 5.74) is 2.09. The van der Waals surface area contributed by atoms with Crippen molar-refractivity contribution in [1.29, 1.82) is 0 Å². The molecule has 0 aliphatic heterocycles. The van der Waals surface area contributed by atoms with E-state index in [1.807, 2.05) is 49.4 Å². The van der Waals surface area contributed by atoms with Crippen molar-refractivity contribution in [3.05, 3.63) is 84.4 Å². The van der Waals surface area contributed by atoms with Gasteiger partial charge in [-0.2, -0.15) is 0 Å². The fourth-order valence-corrected chi connectivity index (χ4v) is 4.34. The van der Waals surface area contributed by atoms with Gasteiger partial charge in [-0.25, -0.2) is 8.42 Å². The third-order valence-corrected chi connectivity index (χ3v) is 6.03. The number of carbonyl (C=O) groups excluding carboxylic acids is 1. The van der Waals surface area contributed by atoms with E-state index in [1.165, 1.54) is 0 Å². The molecule has 6 nitrogen and oxygen atoms in total. The predicted molar refractivity (Wildman–Crippen MR) is 124 cm³/mol. The summed E-state index contributed by atoms with van der Waals surface area (Å²) < 4.78 is 31.7. The Morgan fingerprint density at radius 1 is 0.935 bits per heavy atom. The van der Waals surface area contributed by atoms with Gasteiger partial charge in [-0.3, -0.25) is 9.10 Å². The highest BCUT2D eigenvalue weighted by Crippen LogP contribution is 2.24. The predicted octanol–water partition coefficient (Wildman–Crippen LogP) is 4.83. The van der Waals surface area contributed by atoms with Crippen molar-refractivity contribution in [1.82, 2.24) is 0 Å². The number of benzene rings is 3. The summed E-state index contributed by atoms with van der Waals surface area (Å²) in [5, 5.41) is 2.78. The van der Waals surface area contributed by atoms with Crippen LogP contribution in [-0.4, -0.2) is 26.6 Å². The number of para-hydroxylation sites is 1. The van der Waals surface area contributed by atoms with Crippen molar-refractivity contribution in [2.75, 3.05) is 15.9 Å². The zero-order valence-electron chi connectivity index (χ0n) is 17.8. The quantitative estimate of drug-likeness (QED) is 0.546. The minimum absolute atomic E-state index is 0.429. The van der Waals surface area contributed by atoms with Crippen LogP contribution in [0, 0.1) is 0 Å². The van der Waals surface area contributed by atoms with Crippen molar-refractivity contribution in [3.63, 3.8) is 0 Å². The van der Waals surface area contributed by atoms with Crippen LogP contribution in [0.4, 0.5) is 11.4 Å². The molecule has 0 aromatic heterocycles. The topological polar surface area (TPSA) is 75.7 Å². The Labute approximate surface area is 183 Å². The third kappa shape index (κ3) is 5.86. The van der Waals surface area contributed by atoms with E-state index in [1.54, 1.807) is 43.3 Å². The van der Waals surface area contributed by atoms with Crippen LogP contribution in [0.1, 0.15) is 19.4 Å². The average Bonchev–Trinajstić information content (AvgIpc) is 2.75. The van der Waals surface area contributed by atoms with E-state index in [-0.39, 0.29) is 0 Å². The van der Waals surface area contributed by atoms with Gasteiger partial charge in [-0.1, -0.05) is 37.3 Å². The van der Waals surface area contributed by atoms with E-state index in [0.717, 1.165) is 22.5 Å². The van der Waals surface area contributed by atoms with E-state index in [4.69, 9.17) is 4.74 Å². The van der Waals surface area contributed by atoms with Gasteiger partial charge in [-0.05, 0) is 67.4 Å². The van der Waals surface area contributed by atoms with E-state index >= 15 is 0 Å². The second kappa shape index (κ2) is 9.66. The second-order valence-corrected chi connectivity index (χ2v) is 9.04. The van der Waals surface area contributed by atoms with Gasteiger partial charge in [0, 0.05) is 5.69 Å². The fraction of sp³-hybridized carbons (Fsp3) is 0.208. The summed E-state index contributed by atoms with van der Waals surface area (Å²) >= 11 is 0. The minimum atomic E-state index is -3.66. The van der Waals surface area contributed by atoms with Gasteiger partial charge in [0.25, 0.3) is 0 Å². The molecular formula is C24H26N2O4S. The lowest BCUT2D eigenvalue weighted by molar-refractivity contribution is -0.116. The summed E-state index contributed by atoms with van der Waals surface area (Å²) in [7, 11) is -3.66. The molecule has 1 amide bonds. The summed E-state index contributed by atoms with van der Waals surface area (Å²) in [6.07, 6.45) is 1.94. The fourth-order valence-electron chi connectivity index (χ4n) is 3.16. The number of rotatable bonds is 8. The lowest BCUT2D eigenvalue weighted by Crippen LogP contribution is -2.45. The van der Waals surface area contributed by atoms with E-state index in [2.05, 4.69) is 5.32 Å². The Morgan fingerprint density at radius 2 is 1.52 bits per heavy atom. The first-order valence-electron chi connectivity index (χ1n) is 10.00. The lowest BCUT2D eigenvalue weighted by atomic mass is 10.1. The molecule has 1 N–H and O–H groups in total. The Morgan fingerprint density at radius 3 is 2.06 bits per heavy atom. The van der Waals surface area contributed by atoms with Crippen LogP contribution in [0.5, 0.6) is 11.5 Å². The molecule has 3 aromatic rings. The van der Waals surface area contributed by atoms with Crippen molar-refractivity contribution < 1.29 is 17.9 Å². The summed E-state index contributed by atoms with van der Waals surface area (Å²) in [6.45, 7) is 3.59. The number of nitrogens with zero attached hydrogens (tertiary/aromatic N) is 1. The molecule has 0 unspecified atom stereocenters. The number of nitrogens with one attached hydrogen (secondary N) is 1. The molecule has 162 valence electrons. The normalized spacial score (nSPS) is 12.1. The summed E-state index contributed by atoms with van der Waals surface area (Å²) in [4.78, 5) is 12.8. The number of amides is 1. The molecule has 0 bridgehead atoms. The Hall–Kier alpha value is -3.32. The third-order valence-electron chi connectivity index (χ3n) is 4.79.